The van der Waals surface area contributed by atoms with Crippen LogP contribution < -0.4 is 0 Å². The zero-order valence-corrected chi connectivity index (χ0v) is 9.28. The number of unbranched alkanes of at least 4 members (excludes halogenated alkanes) is 1. The van der Waals surface area contributed by atoms with E-state index in [0.717, 1.165) is 6.42 Å². The van der Waals surface area contributed by atoms with E-state index in [2.05, 4.69) is 0 Å². The number of halogens is 1. The Morgan fingerprint density at radius 3 is 1.92 bits per heavy atom. The maximum atomic E-state index is 11.4. The Morgan fingerprint density at radius 1 is 1.08 bits per heavy atom. The first-order valence-corrected chi connectivity index (χ1v) is 4.93. The molecule has 0 aromatic rings. The molecule has 0 radical (unpaired) electrons. The molecule has 0 N–H and O–H groups in total. The third-order valence-electron chi connectivity index (χ3n) is 1.86. The first-order valence-electron chi connectivity index (χ1n) is 4.55. The second kappa shape index (κ2) is 5.38. The quantitative estimate of drug-likeness (QED) is 0.510. The topological polar surface area (TPSA) is 34.1 Å². The van der Waals surface area contributed by atoms with Gasteiger partial charge >= 0.3 is 0 Å². The summed E-state index contributed by atoms with van der Waals surface area (Å²) in [6.07, 6.45) is 2.39. The second-order valence-electron chi connectivity index (χ2n) is 4.24. The van der Waals surface area contributed by atoms with Gasteiger partial charge in [0.1, 0.15) is 5.78 Å². The van der Waals surface area contributed by atoms with Crippen LogP contribution in [-0.4, -0.2) is 11.0 Å². The number of hydrogen-bond acceptors (Lipinski definition) is 2. The van der Waals surface area contributed by atoms with Crippen molar-refractivity contribution in [3.05, 3.63) is 0 Å². The number of carbonyl (C=O) groups is 2. The third kappa shape index (κ3) is 6.76. The van der Waals surface area contributed by atoms with Crippen molar-refractivity contribution in [3.8, 4) is 0 Å². The minimum Gasteiger partial charge on any atom is -0.299 e. The fraction of sp³-hybridized carbons (Fsp3) is 0.800. The average Bonchev–Trinajstić information content (AvgIpc) is 1.95. The summed E-state index contributed by atoms with van der Waals surface area (Å²) in [5, 5.41) is -0.316. The molecular weight excluding hydrogens is 188 g/mol. The highest BCUT2D eigenvalue weighted by molar-refractivity contribution is 6.63. The Kier molecular flexibility index (Phi) is 5.23. The van der Waals surface area contributed by atoms with Gasteiger partial charge in [0.05, 0.1) is 0 Å². The van der Waals surface area contributed by atoms with Crippen LogP contribution in [-0.2, 0) is 9.59 Å². The van der Waals surface area contributed by atoms with Crippen LogP contribution in [0.1, 0.15) is 46.5 Å². The van der Waals surface area contributed by atoms with E-state index < -0.39 is 0 Å². The van der Waals surface area contributed by atoms with Crippen molar-refractivity contribution in [2.24, 2.45) is 5.41 Å². The van der Waals surface area contributed by atoms with E-state index in [1.165, 1.54) is 0 Å². The highest BCUT2D eigenvalue weighted by Gasteiger charge is 2.19. The first kappa shape index (κ1) is 12.6. The summed E-state index contributed by atoms with van der Waals surface area (Å²) in [7, 11) is 0. The molecule has 0 rings (SSSR count). The van der Waals surface area contributed by atoms with Crippen LogP contribution in [0.25, 0.3) is 0 Å². The largest absolute Gasteiger partial charge is 0.299 e. The normalized spacial score (nSPS) is 11.4. The van der Waals surface area contributed by atoms with Gasteiger partial charge in [-0.15, -0.1) is 0 Å². The Hall–Kier alpha value is -0.370. The monoisotopic (exact) mass is 204 g/mol. The molecule has 0 saturated heterocycles. The number of rotatable bonds is 5. The molecule has 0 heterocycles. The Balaban J connectivity index is 3.55. The summed E-state index contributed by atoms with van der Waals surface area (Å²) in [6, 6.07) is 0. The van der Waals surface area contributed by atoms with Crippen LogP contribution in [0.2, 0.25) is 0 Å². The Labute approximate surface area is 84.7 Å². The lowest BCUT2D eigenvalue weighted by Crippen LogP contribution is -2.19. The number of Topliss-reactive ketones (excluding diaryl/α,β-unsaturated/α-hetero) is 1. The smallest absolute Gasteiger partial charge is 0.221 e. The summed E-state index contributed by atoms with van der Waals surface area (Å²) in [5.74, 6) is 0.245. The molecule has 0 spiro atoms. The van der Waals surface area contributed by atoms with E-state index in [0.29, 0.717) is 19.3 Å². The zero-order chi connectivity index (χ0) is 10.5. The van der Waals surface area contributed by atoms with Gasteiger partial charge in [-0.25, -0.2) is 0 Å². The number of hydrogen-bond donors (Lipinski definition) is 0. The minimum atomic E-state index is -0.316. The summed E-state index contributed by atoms with van der Waals surface area (Å²) in [6.45, 7) is 5.71. The summed E-state index contributed by atoms with van der Waals surface area (Å²) < 4.78 is 0. The van der Waals surface area contributed by atoms with Gasteiger partial charge in [-0.1, -0.05) is 20.8 Å². The maximum Gasteiger partial charge on any atom is 0.221 e. The molecule has 3 heteroatoms. The molecule has 2 nitrogen and oxygen atoms in total. The Morgan fingerprint density at radius 2 is 1.54 bits per heavy atom. The predicted molar refractivity (Wildman–Crippen MR) is 53.8 cm³/mol. The second-order valence-corrected chi connectivity index (χ2v) is 4.66. The minimum absolute atomic E-state index is 0.245. The summed E-state index contributed by atoms with van der Waals surface area (Å²) >= 11 is 5.16. The highest BCUT2D eigenvalue weighted by atomic mass is 35.5. The van der Waals surface area contributed by atoms with Gasteiger partial charge in [0.25, 0.3) is 0 Å². The molecule has 0 aromatic carbocycles. The van der Waals surface area contributed by atoms with Gasteiger partial charge in [-0.05, 0) is 24.4 Å². The number of ketones is 1. The first-order chi connectivity index (χ1) is 5.84. The maximum absolute atomic E-state index is 11.4. The predicted octanol–water partition coefficient (Wildman–Crippen LogP) is 2.93. The molecular formula is C10H17ClO2. The zero-order valence-electron chi connectivity index (χ0n) is 8.52. The van der Waals surface area contributed by atoms with E-state index in [4.69, 9.17) is 11.6 Å². The van der Waals surface area contributed by atoms with Gasteiger partial charge in [-0.3, -0.25) is 9.59 Å². The van der Waals surface area contributed by atoms with Gasteiger partial charge in [0, 0.05) is 18.3 Å². The fourth-order valence-electron chi connectivity index (χ4n) is 0.925. The molecule has 0 aliphatic heterocycles. The lowest BCUT2D eigenvalue weighted by molar-refractivity contribution is -0.126. The molecule has 0 aliphatic carbocycles. The summed E-state index contributed by atoms with van der Waals surface area (Å²) in [4.78, 5) is 21.8. The van der Waals surface area contributed by atoms with Crippen molar-refractivity contribution in [2.75, 3.05) is 0 Å². The number of carbonyl (C=O) groups excluding carboxylic acids is 2. The van der Waals surface area contributed by atoms with E-state index in [-0.39, 0.29) is 16.4 Å². The van der Waals surface area contributed by atoms with Gasteiger partial charge < -0.3 is 0 Å². The van der Waals surface area contributed by atoms with E-state index >= 15 is 0 Å². The molecule has 76 valence electrons. The lowest BCUT2D eigenvalue weighted by Gasteiger charge is -2.15. The van der Waals surface area contributed by atoms with Crippen LogP contribution in [0.3, 0.4) is 0 Å². The SMILES string of the molecule is CC(C)(C)C(=O)CCCCC(=O)Cl. The van der Waals surface area contributed by atoms with Gasteiger partial charge in [0.15, 0.2) is 0 Å². The van der Waals surface area contributed by atoms with E-state index in [1.54, 1.807) is 0 Å². The van der Waals surface area contributed by atoms with Gasteiger partial charge in [0.2, 0.25) is 5.24 Å². The van der Waals surface area contributed by atoms with Crippen LogP contribution in [0, 0.1) is 5.41 Å². The summed E-state index contributed by atoms with van der Waals surface area (Å²) in [5.41, 5.74) is -0.259. The lowest BCUT2D eigenvalue weighted by atomic mass is 9.88. The molecule has 0 unspecified atom stereocenters. The molecule has 0 aliphatic rings. The van der Waals surface area contributed by atoms with Crippen molar-refractivity contribution in [3.63, 3.8) is 0 Å². The van der Waals surface area contributed by atoms with E-state index in [9.17, 15) is 9.59 Å². The van der Waals surface area contributed by atoms with Gasteiger partial charge in [-0.2, -0.15) is 0 Å². The molecule has 13 heavy (non-hydrogen) atoms. The Bertz CT molecular complexity index is 192. The van der Waals surface area contributed by atoms with Crippen LogP contribution in [0.15, 0.2) is 0 Å². The third-order valence-corrected chi connectivity index (χ3v) is 2.05. The standard InChI is InChI=1S/C10H17ClO2/c1-10(2,3)8(12)6-4-5-7-9(11)13/h4-7H2,1-3H3. The van der Waals surface area contributed by atoms with Crippen molar-refractivity contribution in [1.82, 2.24) is 0 Å². The molecule has 0 saturated carbocycles. The average molecular weight is 205 g/mol. The molecule has 0 amide bonds. The molecule has 0 atom stereocenters. The highest BCUT2D eigenvalue weighted by Crippen LogP contribution is 2.18. The van der Waals surface area contributed by atoms with Crippen LogP contribution in [0.4, 0.5) is 0 Å². The van der Waals surface area contributed by atoms with Crippen molar-refractivity contribution in [2.45, 2.75) is 46.5 Å². The van der Waals surface area contributed by atoms with E-state index in [1.807, 2.05) is 20.8 Å². The van der Waals surface area contributed by atoms with Crippen molar-refractivity contribution >= 4 is 22.6 Å². The van der Waals surface area contributed by atoms with Crippen molar-refractivity contribution in [1.29, 1.82) is 0 Å². The molecule has 0 bridgehead atoms. The van der Waals surface area contributed by atoms with Crippen LogP contribution in [0.5, 0.6) is 0 Å². The van der Waals surface area contributed by atoms with Crippen LogP contribution >= 0.6 is 11.6 Å². The molecule has 0 fully saturated rings. The van der Waals surface area contributed by atoms with Crippen molar-refractivity contribution < 1.29 is 9.59 Å². The fourth-order valence-corrected chi connectivity index (χ4v) is 1.06. The molecule has 0 aromatic heterocycles.